The Labute approximate surface area is 139 Å². The van der Waals surface area contributed by atoms with Gasteiger partial charge in [0.25, 0.3) is 10.0 Å². The number of nitrogens with one attached hydrogen (secondary N) is 2. The zero-order chi connectivity index (χ0) is 17.5. The van der Waals surface area contributed by atoms with Crippen molar-refractivity contribution in [3.8, 4) is 0 Å². The second-order valence-electron chi connectivity index (χ2n) is 4.96. The Hall–Kier alpha value is -2.20. The molecule has 24 heavy (non-hydrogen) atoms. The SMILES string of the molecule is O=S(=O)(Nc1cccc2c(Cl)c[nH]c12)c1cnn(CC(F)(F)F)c1. The lowest BCUT2D eigenvalue weighted by atomic mass is 10.2. The first-order valence-electron chi connectivity index (χ1n) is 6.53. The largest absolute Gasteiger partial charge is 0.408 e. The molecule has 0 aliphatic carbocycles. The van der Waals surface area contributed by atoms with Gasteiger partial charge in [-0.25, -0.2) is 8.42 Å². The molecular weight excluding hydrogens is 369 g/mol. The van der Waals surface area contributed by atoms with Crippen molar-refractivity contribution in [2.75, 3.05) is 4.72 Å². The van der Waals surface area contributed by atoms with Crippen LogP contribution in [0.3, 0.4) is 0 Å². The molecule has 0 bridgehead atoms. The minimum atomic E-state index is -4.49. The number of hydrogen-bond acceptors (Lipinski definition) is 3. The molecule has 6 nitrogen and oxygen atoms in total. The fourth-order valence-electron chi connectivity index (χ4n) is 2.16. The number of hydrogen-bond donors (Lipinski definition) is 2. The van der Waals surface area contributed by atoms with Crippen molar-refractivity contribution < 1.29 is 21.6 Å². The van der Waals surface area contributed by atoms with E-state index in [4.69, 9.17) is 11.6 Å². The van der Waals surface area contributed by atoms with Crippen molar-refractivity contribution in [1.29, 1.82) is 0 Å². The van der Waals surface area contributed by atoms with E-state index in [1.807, 2.05) is 0 Å². The molecule has 1 aromatic carbocycles. The third kappa shape index (κ3) is 3.34. The lowest BCUT2D eigenvalue weighted by Gasteiger charge is -2.08. The van der Waals surface area contributed by atoms with E-state index in [1.165, 1.54) is 12.3 Å². The van der Waals surface area contributed by atoms with Crippen LogP contribution in [0.5, 0.6) is 0 Å². The Bertz CT molecular complexity index is 994. The molecule has 3 aromatic rings. The average molecular weight is 379 g/mol. The number of fused-ring (bicyclic) bond motifs is 1. The van der Waals surface area contributed by atoms with E-state index in [0.717, 1.165) is 12.4 Å². The number of H-pyrrole nitrogens is 1. The van der Waals surface area contributed by atoms with Gasteiger partial charge < -0.3 is 4.98 Å². The van der Waals surface area contributed by atoms with Gasteiger partial charge in [0, 0.05) is 17.8 Å². The average Bonchev–Trinajstić information content (AvgIpc) is 3.06. The summed E-state index contributed by atoms with van der Waals surface area (Å²) in [7, 11) is -4.09. The first-order chi connectivity index (χ1) is 11.2. The Kier molecular flexibility index (Phi) is 3.96. The quantitative estimate of drug-likeness (QED) is 0.730. The second kappa shape index (κ2) is 5.71. The molecule has 0 aliphatic rings. The van der Waals surface area contributed by atoms with Crippen molar-refractivity contribution >= 4 is 38.2 Å². The van der Waals surface area contributed by atoms with Gasteiger partial charge in [0.15, 0.2) is 0 Å². The van der Waals surface area contributed by atoms with Crippen molar-refractivity contribution in [2.45, 2.75) is 17.6 Å². The normalized spacial score (nSPS) is 12.7. The predicted molar refractivity (Wildman–Crippen MR) is 82.4 cm³/mol. The monoisotopic (exact) mass is 378 g/mol. The molecule has 0 atom stereocenters. The highest BCUT2D eigenvalue weighted by atomic mass is 35.5. The standard InChI is InChI=1S/C13H10ClF3N4O2S/c14-10-5-18-12-9(10)2-1-3-11(12)20-24(22,23)8-4-19-21(6-8)7-13(15,16)17/h1-6,18,20H,7H2. The fourth-order valence-corrected chi connectivity index (χ4v) is 3.40. The first-order valence-corrected chi connectivity index (χ1v) is 8.39. The van der Waals surface area contributed by atoms with Crippen LogP contribution in [0.1, 0.15) is 0 Å². The number of aromatic nitrogens is 3. The molecule has 0 saturated carbocycles. The molecule has 3 rings (SSSR count). The maximum Gasteiger partial charge on any atom is 0.408 e. The second-order valence-corrected chi connectivity index (χ2v) is 7.05. The number of nitrogens with zero attached hydrogens (tertiary/aromatic N) is 2. The van der Waals surface area contributed by atoms with E-state index in [9.17, 15) is 21.6 Å². The maximum absolute atomic E-state index is 12.3. The summed E-state index contributed by atoms with van der Waals surface area (Å²) in [6.45, 7) is -1.37. The molecule has 2 N–H and O–H groups in total. The van der Waals surface area contributed by atoms with E-state index in [0.29, 0.717) is 20.6 Å². The number of sulfonamides is 1. The lowest BCUT2D eigenvalue weighted by molar-refractivity contribution is -0.142. The van der Waals surface area contributed by atoms with Crippen LogP contribution in [-0.4, -0.2) is 29.4 Å². The minimum Gasteiger partial charge on any atom is -0.358 e. The fraction of sp³-hybridized carbons (Fsp3) is 0.154. The number of halogens is 4. The van der Waals surface area contributed by atoms with Crippen LogP contribution in [0.25, 0.3) is 10.9 Å². The Balaban J connectivity index is 1.91. The smallest absolute Gasteiger partial charge is 0.358 e. The van der Waals surface area contributed by atoms with Crippen molar-refractivity contribution in [3.05, 3.63) is 41.8 Å². The van der Waals surface area contributed by atoms with Crippen molar-refractivity contribution in [2.24, 2.45) is 0 Å². The summed E-state index contributed by atoms with van der Waals surface area (Å²) >= 11 is 5.97. The summed E-state index contributed by atoms with van der Waals surface area (Å²) < 4.78 is 64.5. The van der Waals surface area contributed by atoms with Gasteiger partial charge in [-0.1, -0.05) is 23.7 Å². The van der Waals surface area contributed by atoms with Crippen LogP contribution in [-0.2, 0) is 16.6 Å². The number of alkyl halides is 3. The molecule has 0 fully saturated rings. The lowest BCUT2D eigenvalue weighted by Crippen LogP contribution is -2.18. The summed E-state index contributed by atoms with van der Waals surface area (Å²) in [6.07, 6.45) is -1.31. The first kappa shape index (κ1) is 16.7. The molecule has 0 unspecified atom stereocenters. The summed E-state index contributed by atoms with van der Waals surface area (Å²) in [6, 6.07) is 4.81. The summed E-state index contributed by atoms with van der Waals surface area (Å²) in [5.41, 5.74) is 0.691. The molecule has 2 heterocycles. The number of rotatable bonds is 4. The third-order valence-electron chi connectivity index (χ3n) is 3.17. The van der Waals surface area contributed by atoms with Gasteiger partial charge in [0.05, 0.1) is 22.4 Å². The number of anilines is 1. The van der Waals surface area contributed by atoms with Crippen LogP contribution >= 0.6 is 11.6 Å². The highest BCUT2D eigenvalue weighted by molar-refractivity contribution is 7.92. The van der Waals surface area contributed by atoms with E-state index < -0.39 is 22.7 Å². The molecule has 0 radical (unpaired) electrons. The Morgan fingerprint density at radius 2 is 2.08 bits per heavy atom. The molecule has 0 spiro atoms. The number of benzene rings is 1. The number of aromatic amines is 1. The van der Waals surface area contributed by atoms with Gasteiger partial charge >= 0.3 is 6.18 Å². The Morgan fingerprint density at radius 1 is 1.33 bits per heavy atom. The summed E-state index contributed by atoms with van der Waals surface area (Å²) in [5.74, 6) is 0. The van der Waals surface area contributed by atoms with E-state index >= 15 is 0 Å². The zero-order valence-corrected chi connectivity index (χ0v) is 13.4. The topological polar surface area (TPSA) is 79.8 Å². The van der Waals surface area contributed by atoms with E-state index in [2.05, 4.69) is 14.8 Å². The van der Waals surface area contributed by atoms with Crippen molar-refractivity contribution in [1.82, 2.24) is 14.8 Å². The van der Waals surface area contributed by atoms with Gasteiger partial charge in [-0.2, -0.15) is 18.3 Å². The molecule has 2 aromatic heterocycles. The highest BCUT2D eigenvalue weighted by Gasteiger charge is 2.29. The molecule has 0 amide bonds. The minimum absolute atomic E-state index is 0.225. The molecule has 11 heteroatoms. The molecule has 128 valence electrons. The van der Waals surface area contributed by atoms with Crippen LogP contribution in [0, 0.1) is 0 Å². The van der Waals surface area contributed by atoms with Crippen LogP contribution in [0.15, 0.2) is 41.7 Å². The van der Waals surface area contributed by atoms with Crippen LogP contribution in [0.4, 0.5) is 18.9 Å². The van der Waals surface area contributed by atoms with Gasteiger partial charge in [-0.05, 0) is 6.07 Å². The zero-order valence-electron chi connectivity index (χ0n) is 11.8. The molecular formula is C13H10ClF3N4O2S. The third-order valence-corrected chi connectivity index (χ3v) is 4.80. The van der Waals surface area contributed by atoms with Crippen LogP contribution < -0.4 is 4.72 Å². The predicted octanol–water partition coefficient (Wildman–Crippen LogP) is 3.38. The summed E-state index contributed by atoms with van der Waals surface area (Å²) in [5, 5.41) is 4.46. The van der Waals surface area contributed by atoms with Gasteiger partial charge in [-0.15, -0.1) is 0 Å². The van der Waals surface area contributed by atoms with Gasteiger partial charge in [0.2, 0.25) is 0 Å². The highest BCUT2D eigenvalue weighted by Crippen LogP contribution is 2.29. The van der Waals surface area contributed by atoms with Gasteiger partial charge in [-0.3, -0.25) is 9.40 Å². The van der Waals surface area contributed by atoms with Crippen LogP contribution in [0.2, 0.25) is 5.02 Å². The van der Waals surface area contributed by atoms with Gasteiger partial charge in [0.1, 0.15) is 11.4 Å². The molecule has 0 saturated heterocycles. The number of para-hydroxylation sites is 1. The van der Waals surface area contributed by atoms with E-state index in [-0.39, 0.29) is 10.6 Å². The van der Waals surface area contributed by atoms with Crippen molar-refractivity contribution in [3.63, 3.8) is 0 Å². The summed E-state index contributed by atoms with van der Waals surface area (Å²) in [4.78, 5) is 2.46. The maximum atomic E-state index is 12.3. The Morgan fingerprint density at radius 3 is 2.79 bits per heavy atom. The van der Waals surface area contributed by atoms with E-state index in [1.54, 1.807) is 12.1 Å². The molecule has 0 aliphatic heterocycles.